The van der Waals surface area contributed by atoms with E-state index in [1.807, 2.05) is 26.0 Å². The Kier molecular flexibility index (Phi) is 4.75. The maximum atomic E-state index is 12.0. The Morgan fingerprint density at radius 3 is 2.80 bits per heavy atom. The molecule has 0 aliphatic carbocycles. The molecule has 25 heavy (non-hydrogen) atoms. The van der Waals surface area contributed by atoms with E-state index in [0.29, 0.717) is 11.5 Å². The van der Waals surface area contributed by atoms with Crippen molar-refractivity contribution in [1.82, 2.24) is 19.6 Å². The Labute approximate surface area is 151 Å². The zero-order valence-corrected chi connectivity index (χ0v) is 15.1. The fourth-order valence-electron chi connectivity index (χ4n) is 2.14. The van der Waals surface area contributed by atoms with Crippen molar-refractivity contribution in [1.29, 1.82) is 0 Å². The number of aryl methyl sites for hydroxylation is 2. The lowest BCUT2D eigenvalue weighted by Gasteiger charge is -2.08. The number of esters is 1. The molecule has 2 heterocycles. The van der Waals surface area contributed by atoms with Gasteiger partial charge in [0.25, 0.3) is 17.5 Å². The van der Waals surface area contributed by atoms with Crippen molar-refractivity contribution in [3.05, 3.63) is 52.0 Å². The number of aromatic nitrogens is 4. The topological polar surface area (TPSA) is 98.5 Å². The van der Waals surface area contributed by atoms with E-state index in [9.17, 15) is 9.59 Å². The van der Waals surface area contributed by atoms with E-state index in [4.69, 9.17) is 4.74 Å². The second-order valence-corrected chi connectivity index (χ2v) is 6.23. The van der Waals surface area contributed by atoms with Gasteiger partial charge in [-0.05, 0) is 43.7 Å². The van der Waals surface area contributed by atoms with Crippen molar-refractivity contribution in [3.63, 3.8) is 0 Å². The lowest BCUT2D eigenvalue weighted by molar-refractivity contribution is -0.119. The molecule has 1 N–H and O–H groups in total. The molecule has 0 atom stereocenters. The van der Waals surface area contributed by atoms with E-state index >= 15 is 0 Å². The summed E-state index contributed by atoms with van der Waals surface area (Å²) in [4.78, 5) is 32.0. The molecule has 2 aromatic heterocycles. The summed E-state index contributed by atoms with van der Waals surface area (Å²) in [5.41, 5.74) is 2.31. The SMILES string of the molecule is Cc1cc(Br)ccc1NC(=O)COC(=O)c1nc2nccc(C)n2n1. The van der Waals surface area contributed by atoms with Gasteiger partial charge in [0, 0.05) is 22.1 Å². The number of halogens is 1. The van der Waals surface area contributed by atoms with Crippen molar-refractivity contribution < 1.29 is 14.3 Å². The second-order valence-electron chi connectivity index (χ2n) is 5.32. The number of amides is 1. The van der Waals surface area contributed by atoms with E-state index in [-0.39, 0.29) is 5.82 Å². The summed E-state index contributed by atoms with van der Waals surface area (Å²) in [5, 5.41) is 6.71. The van der Waals surface area contributed by atoms with Crippen LogP contribution in [0.3, 0.4) is 0 Å². The van der Waals surface area contributed by atoms with Crippen molar-refractivity contribution in [2.75, 3.05) is 11.9 Å². The number of hydrogen-bond acceptors (Lipinski definition) is 6. The zero-order chi connectivity index (χ0) is 18.0. The fraction of sp³-hybridized carbons (Fsp3) is 0.188. The minimum Gasteiger partial charge on any atom is -0.450 e. The normalized spacial score (nSPS) is 10.7. The molecule has 0 bridgehead atoms. The average molecular weight is 404 g/mol. The Bertz CT molecular complexity index is 970. The van der Waals surface area contributed by atoms with Gasteiger partial charge >= 0.3 is 5.97 Å². The summed E-state index contributed by atoms with van der Waals surface area (Å²) < 4.78 is 7.31. The first-order chi connectivity index (χ1) is 11.9. The van der Waals surface area contributed by atoms with E-state index in [2.05, 4.69) is 36.3 Å². The molecule has 0 aliphatic rings. The first kappa shape index (κ1) is 17.0. The molecular weight excluding hydrogens is 390 g/mol. The zero-order valence-electron chi connectivity index (χ0n) is 13.5. The number of carbonyl (C=O) groups excluding carboxylic acids is 2. The molecule has 128 valence electrons. The maximum absolute atomic E-state index is 12.0. The minimum absolute atomic E-state index is 0.144. The number of nitrogens with one attached hydrogen (secondary N) is 1. The monoisotopic (exact) mass is 403 g/mol. The standard InChI is InChI=1S/C16H14BrN5O3/c1-9-7-11(17)3-4-12(9)19-13(23)8-25-15(24)14-20-16-18-6-5-10(2)22(16)21-14/h3-7H,8H2,1-2H3,(H,19,23). The van der Waals surface area contributed by atoms with Crippen LogP contribution in [0.4, 0.5) is 5.69 Å². The largest absolute Gasteiger partial charge is 0.450 e. The summed E-state index contributed by atoms with van der Waals surface area (Å²) in [7, 11) is 0. The van der Waals surface area contributed by atoms with Gasteiger partial charge < -0.3 is 10.1 Å². The van der Waals surface area contributed by atoms with Crippen LogP contribution in [0.15, 0.2) is 34.9 Å². The highest BCUT2D eigenvalue weighted by Crippen LogP contribution is 2.19. The third kappa shape index (κ3) is 3.82. The molecule has 0 unspecified atom stereocenters. The molecule has 0 aliphatic heterocycles. The van der Waals surface area contributed by atoms with Crippen LogP contribution in [0, 0.1) is 13.8 Å². The lowest BCUT2D eigenvalue weighted by Crippen LogP contribution is -2.21. The minimum atomic E-state index is -0.785. The molecule has 0 saturated heterocycles. The van der Waals surface area contributed by atoms with Gasteiger partial charge in [-0.3, -0.25) is 4.79 Å². The van der Waals surface area contributed by atoms with Gasteiger partial charge in [0.05, 0.1) is 0 Å². The highest BCUT2D eigenvalue weighted by Gasteiger charge is 2.17. The molecule has 0 spiro atoms. The van der Waals surface area contributed by atoms with E-state index in [1.54, 1.807) is 18.3 Å². The maximum Gasteiger partial charge on any atom is 0.378 e. The van der Waals surface area contributed by atoms with Crippen molar-refractivity contribution in [2.45, 2.75) is 13.8 Å². The summed E-state index contributed by atoms with van der Waals surface area (Å²) in [6, 6.07) is 7.18. The first-order valence-corrected chi connectivity index (χ1v) is 8.15. The van der Waals surface area contributed by atoms with Crippen LogP contribution >= 0.6 is 15.9 Å². The summed E-state index contributed by atoms with van der Waals surface area (Å²) >= 11 is 3.35. The third-order valence-corrected chi connectivity index (χ3v) is 3.90. The molecule has 1 aromatic carbocycles. The number of benzene rings is 1. The Balaban J connectivity index is 1.63. The second kappa shape index (κ2) is 6.98. The van der Waals surface area contributed by atoms with Gasteiger partial charge in [-0.2, -0.15) is 4.98 Å². The Morgan fingerprint density at radius 2 is 2.08 bits per heavy atom. The predicted octanol–water partition coefficient (Wildman–Crippen LogP) is 2.30. The molecule has 0 radical (unpaired) electrons. The molecule has 3 aromatic rings. The lowest BCUT2D eigenvalue weighted by atomic mass is 10.2. The summed E-state index contributed by atoms with van der Waals surface area (Å²) in [6.45, 7) is 3.24. The number of carbonyl (C=O) groups is 2. The molecular formula is C16H14BrN5O3. The van der Waals surface area contributed by atoms with Crippen molar-refractivity contribution >= 4 is 39.3 Å². The van der Waals surface area contributed by atoms with Crippen LogP contribution < -0.4 is 5.32 Å². The molecule has 8 nitrogen and oxygen atoms in total. The van der Waals surface area contributed by atoms with Crippen LogP contribution in [-0.2, 0) is 9.53 Å². The van der Waals surface area contributed by atoms with E-state index in [1.165, 1.54) is 4.52 Å². The van der Waals surface area contributed by atoms with Crippen LogP contribution in [0.1, 0.15) is 21.9 Å². The van der Waals surface area contributed by atoms with Gasteiger partial charge in [0.1, 0.15) is 0 Å². The van der Waals surface area contributed by atoms with Crippen LogP contribution in [-0.4, -0.2) is 38.1 Å². The fourth-order valence-corrected chi connectivity index (χ4v) is 2.62. The molecule has 0 fully saturated rings. The first-order valence-electron chi connectivity index (χ1n) is 7.35. The van der Waals surface area contributed by atoms with Gasteiger partial charge in [0.15, 0.2) is 6.61 Å². The third-order valence-electron chi connectivity index (χ3n) is 3.41. The molecule has 0 saturated carbocycles. The van der Waals surface area contributed by atoms with Crippen LogP contribution in [0.2, 0.25) is 0 Å². The number of nitrogens with zero attached hydrogens (tertiary/aromatic N) is 4. The van der Waals surface area contributed by atoms with E-state index < -0.39 is 18.5 Å². The highest BCUT2D eigenvalue weighted by atomic mass is 79.9. The smallest absolute Gasteiger partial charge is 0.378 e. The van der Waals surface area contributed by atoms with Crippen molar-refractivity contribution in [2.24, 2.45) is 0 Å². The Hall–Kier alpha value is -2.81. The van der Waals surface area contributed by atoms with Crippen LogP contribution in [0.25, 0.3) is 5.78 Å². The molecule has 9 heteroatoms. The Morgan fingerprint density at radius 1 is 1.28 bits per heavy atom. The summed E-state index contributed by atoms with van der Waals surface area (Å²) in [5.74, 6) is -1.08. The number of hydrogen-bond donors (Lipinski definition) is 1. The quantitative estimate of drug-likeness (QED) is 0.671. The predicted molar refractivity (Wildman–Crippen MR) is 93.3 cm³/mol. The van der Waals surface area contributed by atoms with Gasteiger partial charge in [-0.15, -0.1) is 5.10 Å². The number of anilines is 1. The van der Waals surface area contributed by atoms with E-state index in [0.717, 1.165) is 15.7 Å². The highest BCUT2D eigenvalue weighted by molar-refractivity contribution is 9.10. The van der Waals surface area contributed by atoms with Gasteiger partial charge in [-0.25, -0.2) is 14.3 Å². The number of fused-ring (bicyclic) bond motifs is 1. The molecule has 3 rings (SSSR count). The van der Waals surface area contributed by atoms with Crippen molar-refractivity contribution in [3.8, 4) is 0 Å². The molecule has 1 amide bonds. The number of rotatable bonds is 4. The average Bonchev–Trinajstić information content (AvgIpc) is 3.01. The summed E-state index contributed by atoms with van der Waals surface area (Å²) in [6.07, 6.45) is 1.57. The van der Waals surface area contributed by atoms with Crippen LogP contribution in [0.5, 0.6) is 0 Å². The van der Waals surface area contributed by atoms with Gasteiger partial charge in [-0.1, -0.05) is 15.9 Å². The number of ether oxygens (including phenoxy) is 1. The van der Waals surface area contributed by atoms with Gasteiger partial charge in [0.2, 0.25) is 0 Å².